The number of halogens is 6. The van der Waals surface area contributed by atoms with Gasteiger partial charge in [-0.25, -0.2) is 48.7 Å². The summed E-state index contributed by atoms with van der Waals surface area (Å²) in [4.78, 5) is 82.6. The number of alkyl halides is 6. The number of nitrogens with zero attached hydrogens (tertiary/aromatic N) is 15. The third kappa shape index (κ3) is 16.7. The van der Waals surface area contributed by atoms with E-state index in [1.807, 2.05) is 107 Å². The maximum atomic E-state index is 13.1. The van der Waals surface area contributed by atoms with E-state index < -0.39 is 29.5 Å². The number of hydrogen-bond donors (Lipinski definition) is 7. The van der Waals surface area contributed by atoms with Gasteiger partial charge < -0.3 is 54.0 Å². The van der Waals surface area contributed by atoms with Gasteiger partial charge in [0.15, 0.2) is 16.9 Å². The van der Waals surface area contributed by atoms with Crippen LogP contribution in [0.1, 0.15) is 76.3 Å². The molecule has 3 atom stereocenters. The van der Waals surface area contributed by atoms with Crippen molar-refractivity contribution >= 4 is 97.1 Å². The summed E-state index contributed by atoms with van der Waals surface area (Å²) in [5, 5.41) is 21.5. The van der Waals surface area contributed by atoms with Crippen molar-refractivity contribution in [3.05, 3.63) is 228 Å². The van der Waals surface area contributed by atoms with E-state index in [0.717, 1.165) is 75.1 Å². The number of aromatic nitrogens is 12. The van der Waals surface area contributed by atoms with Crippen LogP contribution in [0, 0.1) is 13.8 Å². The Labute approximate surface area is 636 Å². The first-order valence-corrected chi connectivity index (χ1v) is 35.9. The number of urea groups is 1. The van der Waals surface area contributed by atoms with Crippen molar-refractivity contribution < 1.29 is 45.5 Å². The van der Waals surface area contributed by atoms with E-state index in [-0.39, 0.29) is 53.8 Å². The van der Waals surface area contributed by atoms with Crippen molar-refractivity contribution in [2.45, 2.75) is 82.9 Å². The molecule has 0 unspecified atom stereocenters. The first-order valence-electron chi connectivity index (χ1n) is 35.9. The molecule has 32 heteroatoms. The molecule has 3 aliphatic heterocycles. The van der Waals surface area contributed by atoms with Crippen LogP contribution in [-0.4, -0.2) is 137 Å². The number of benzene rings is 7. The van der Waals surface area contributed by atoms with Crippen molar-refractivity contribution in [2.24, 2.45) is 0 Å². The number of fused-ring (bicyclic) bond motifs is 3. The highest BCUT2D eigenvalue weighted by atomic mass is 19.4. The largest absolute Gasteiger partial charge is 0.416 e. The number of carbonyl (C=O) groups excluding carboxylic acids is 4. The number of rotatable bonds is 14. The summed E-state index contributed by atoms with van der Waals surface area (Å²) in [5.41, 5.74) is 41.1. The molecule has 0 aliphatic carbocycles. The third-order valence-corrected chi connectivity index (χ3v) is 19.9. The Morgan fingerprint density at radius 3 is 1.10 bits per heavy atom. The lowest BCUT2D eigenvalue weighted by molar-refractivity contribution is -0.138. The van der Waals surface area contributed by atoms with Gasteiger partial charge >= 0.3 is 18.4 Å². The van der Waals surface area contributed by atoms with Gasteiger partial charge in [0.05, 0.1) is 64.7 Å². The average molecular weight is 1520 g/mol. The van der Waals surface area contributed by atoms with E-state index >= 15 is 0 Å². The number of aryl methyl sites for hydroxylation is 2. The van der Waals surface area contributed by atoms with E-state index in [1.54, 1.807) is 50.7 Å². The molecule has 6 aromatic heterocycles. The lowest BCUT2D eigenvalue weighted by Crippen LogP contribution is -2.30. The summed E-state index contributed by atoms with van der Waals surface area (Å²) in [6.45, 7) is 7.21. The monoisotopic (exact) mass is 1520 g/mol. The number of hydrogen-bond acceptors (Lipinski definition) is 18. The molecule has 13 aromatic rings. The Balaban J connectivity index is 0.000000142. The van der Waals surface area contributed by atoms with Crippen molar-refractivity contribution in [2.75, 3.05) is 78.6 Å². The minimum Gasteiger partial charge on any atom is -0.399 e. The van der Waals surface area contributed by atoms with Crippen LogP contribution in [0.2, 0.25) is 0 Å². The molecule has 7 aromatic carbocycles. The first-order chi connectivity index (χ1) is 53.7. The second kappa shape index (κ2) is 31.6. The molecule has 112 heavy (non-hydrogen) atoms. The van der Waals surface area contributed by atoms with Gasteiger partial charge in [0.25, 0.3) is 0 Å². The number of likely N-dealkylation sites (tertiary alicyclic amines) is 3. The van der Waals surface area contributed by atoms with Crippen molar-refractivity contribution in [3.8, 4) is 33.8 Å². The molecule has 3 aliphatic rings. The van der Waals surface area contributed by atoms with Crippen molar-refractivity contribution in [1.29, 1.82) is 0 Å². The second-order valence-electron chi connectivity index (χ2n) is 27.8. The summed E-state index contributed by atoms with van der Waals surface area (Å²) in [6, 6.07) is 45.8. The van der Waals surface area contributed by atoms with Crippen LogP contribution in [0.25, 0.3) is 66.9 Å². The predicted octanol–water partition coefficient (Wildman–Crippen LogP) is 12.7. The molecule has 12 N–H and O–H groups in total. The number of nitrogens with one attached hydrogen (secondary N) is 2. The van der Waals surface area contributed by atoms with Crippen LogP contribution >= 0.6 is 0 Å². The van der Waals surface area contributed by atoms with Gasteiger partial charge in [-0.3, -0.25) is 14.4 Å². The fourth-order valence-corrected chi connectivity index (χ4v) is 14.3. The summed E-state index contributed by atoms with van der Waals surface area (Å²) in [6.07, 6.45) is -2.02. The number of carbonyl (C=O) groups is 4. The number of nitrogen functional groups attached to an aromatic ring is 5. The smallest absolute Gasteiger partial charge is 0.399 e. The summed E-state index contributed by atoms with van der Waals surface area (Å²) >= 11 is 0. The van der Waals surface area contributed by atoms with E-state index in [9.17, 15) is 45.5 Å². The normalized spacial score (nSPS) is 15.6. The Bertz CT molecular complexity index is 5670. The fourth-order valence-electron chi connectivity index (χ4n) is 14.3. The Hall–Kier alpha value is -13.6. The van der Waals surface area contributed by atoms with Crippen molar-refractivity contribution in [3.63, 3.8) is 0 Å². The van der Waals surface area contributed by atoms with Gasteiger partial charge in [0, 0.05) is 78.7 Å². The highest BCUT2D eigenvalue weighted by Gasteiger charge is 2.36. The SMILES string of the molecule is Cc1cccc(CC(=O)N2CC[C@H](n3nc(-c4ccc(N)cc4)c4c(N)ncnc43)C2)c1.Cc1cccc(CC(=O)N2CC[C@H](n3nc(-c4ccc(NC(=O)Nc5cccc(C(F)(F)F)c5)cc4)c4c(N)ncnc43)C2)c1.Nc1ccc(-c2nn([C@@H]3CCN(C(=O)Cc4cccc(C(F)(F)F)c4)C3)c3ncnc(N)c23)cc1. The number of nitrogens with two attached hydrogens (primary N) is 5. The molecule has 0 bridgehead atoms. The zero-order valence-corrected chi connectivity index (χ0v) is 60.6. The lowest BCUT2D eigenvalue weighted by atomic mass is 10.1. The average Bonchev–Trinajstić information content (AvgIpc) is 1.62. The maximum absolute atomic E-state index is 13.1. The van der Waals surface area contributed by atoms with Crippen molar-refractivity contribution in [1.82, 2.24) is 73.9 Å². The zero-order valence-electron chi connectivity index (χ0n) is 60.6. The van der Waals surface area contributed by atoms with E-state index in [0.29, 0.717) is 144 Å². The second-order valence-corrected chi connectivity index (χ2v) is 27.8. The molecule has 16 rings (SSSR count). The Morgan fingerprint density at radius 2 is 0.732 bits per heavy atom. The molecular formula is C80H76F6N22O4. The molecule has 0 radical (unpaired) electrons. The third-order valence-electron chi connectivity index (χ3n) is 19.9. The lowest BCUT2D eigenvalue weighted by Gasteiger charge is -2.17. The Morgan fingerprint density at radius 1 is 0.402 bits per heavy atom. The fraction of sp³-hybridized carbons (Fsp3) is 0.237. The van der Waals surface area contributed by atoms with Gasteiger partial charge in [-0.1, -0.05) is 120 Å². The van der Waals surface area contributed by atoms with Gasteiger partial charge in [0.2, 0.25) is 17.7 Å². The topological polar surface area (TPSA) is 363 Å². The first kappa shape index (κ1) is 75.3. The molecule has 5 amide bonds. The Kier molecular flexibility index (Phi) is 21.2. The summed E-state index contributed by atoms with van der Waals surface area (Å²) in [7, 11) is 0. The highest BCUT2D eigenvalue weighted by Crippen LogP contribution is 2.40. The molecule has 0 spiro atoms. The number of anilines is 7. The summed E-state index contributed by atoms with van der Waals surface area (Å²) < 4.78 is 83.5. The molecule has 3 fully saturated rings. The van der Waals surface area contributed by atoms with E-state index in [1.165, 1.54) is 43.2 Å². The highest BCUT2D eigenvalue weighted by molar-refractivity contribution is 6.02. The van der Waals surface area contributed by atoms with Gasteiger partial charge in [-0.15, -0.1) is 0 Å². The van der Waals surface area contributed by atoms with Gasteiger partial charge in [0.1, 0.15) is 53.5 Å². The summed E-state index contributed by atoms with van der Waals surface area (Å²) in [5.74, 6) is 0.879. The van der Waals surface area contributed by atoms with Gasteiger partial charge in [-0.05, 0) is 110 Å². The molecule has 572 valence electrons. The molecule has 0 saturated carbocycles. The van der Waals surface area contributed by atoms with E-state index in [2.05, 4.69) is 46.6 Å². The van der Waals surface area contributed by atoms with Crippen LogP contribution < -0.4 is 39.3 Å². The minimum atomic E-state index is -4.52. The standard InChI is InChI=1S/C32H29F3N8O2.C24H22F3N7O.C24H25N7O/c1-19-4-2-5-20(14-19)15-26(44)42-13-12-25(17-42)43-30-27(29(36)37-18-38-30)28(41-43)21-8-10-23(11-9-21)39-31(45)40-24-7-3-6-22(16-24)32(33,34)35;25-24(26,27)16-3-1-2-14(10-16)11-19(35)33-9-8-18(12-33)34-23-20(22(29)30-13-31-23)21(32-34)15-4-6-17(28)7-5-15;1-15-3-2-4-16(11-15)12-20(32)30-10-9-19(13-30)31-24-21(23(26)27-14-28-24)22(29-31)17-5-7-18(25)8-6-17/h2-11,14,16,18,25H,12-13,15,17H2,1H3,(H2,36,37,38)(H2,39,40,45);1-7,10,13,18H,8-9,11-12,28H2,(H2,29,30,31);2-8,11,14,19H,9-10,12-13,25H2,1H3,(H2,26,27,28)/t25-;18-;19-/m010/s1. The van der Waals surface area contributed by atoms with Crippen LogP contribution in [0.5, 0.6) is 0 Å². The van der Waals surface area contributed by atoms with Crippen LogP contribution in [0.3, 0.4) is 0 Å². The maximum Gasteiger partial charge on any atom is 0.416 e. The van der Waals surface area contributed by atoms with Crippen LogP contribution in [-0.2, 0) is 46.0 Å². The molecule has 3 saturated heterocycles. The molecular weight excluding hydrogens is 1450 g/mol. The number of amides is 5. The zero-order chi connectivity index (χ0) is 78.7. The van der Waals surface area contributed by atoms with Crippen LogP contribution in [0.15, 0.2) is 189 Å². The van der Waals surface area contributed by atoms with Crippen LogP contribution in [0.4, 0.5) is 71.3 Å². The van der Waals surface area contributed by atoms with E-state index in [4.69, 9.17) is 44.0 Å². The quantitative estimate of drug-likeness (QED) is 0.0393. The molecule has 9 heterocycles. The molecule has 26 nitrogen and oxygen atoms in total. The minimum absolute atomic E-state index is 0.00812. The van der Waals surface area contributed by atoms with Gasteiger partial charge in [-0.2, -0.15) is 41.6 Å². The predicted molar refractivity (Wildman–Crippen MR) is 414 cm³/mol.